The van der Waals surface area contributed by atoms with Gasteiger partial charge in [-0.15, -0.1) is 0 Å². The van der Waals surface area contributed by atoms with Crippen molar-refractivity contribution < 1.29 is 44.3 Å². The van der Waals surface area contributed by atoms with Crippen molar-refractivity contribution in [2.75, 3.05) is 0 Å². The zero-order chi connectivity index (χ0) is 17.8. The van der Waals surface area contributed by atoms with E-state index in [1.165, 1.54) is 10.8 Å². The third-order valence-electron chi connectivity index (χ3n) is 3.33. The number of aliphatic imine (C=N–C) groups is 1. The van der Waals surface area contributed by atoms with Crippen LogP contribution < -0.4 is 40.0 Å². The molecule has 122 valence electrons. The topological polar surface area (TPSA) is 129 Å². The molecule has 23 heavy (non-hydrogen) atoms. The first kappa shape index (κ1) is 27.2. The Morgan fingerprint density at radius 3 is 2.04 bits per heavy atom. The first-order valence-corrected chi connectivity index (χ1v) is 7.39. The van der Waals surface area contributed by atoms with Crippen LogP contribution in [0, 0.1) is 32.7 Å². The maximum atomic E-state index is 11.9. The van der Waals surface area contributed by atoms with E-state index in [0.717, 1.165) is 12.8 Å². The minimum absolute atomic E-state index is 0. The van der Waals surface area contributed by atoms with E-state index in [0.29, 0.717) is 6.42 Å². The van der Waals surface area contributed by atoms with Crippen LogP contribution in [0.25, 0.3) is 0 Å². The first-order valence-electron chi connectivity index (χ1n) is 6.50. The van der Waals surface area contributed by atoms with Gasteiger partial charge in [-0.25, -0.2) is 4.99 Å². The molecule has 1 rings (SSSR count). The predicted molar refractivity (Wildman–Crippen MR) is 86.6 cm³/mol. The van der Waals surface area contributed by atoms with Crippen LogP contribution in [0.2, 0.25) is 0 Å². The number of amides is 2. The van der Waals surface area contributed by atoms with Gasteiger partial charge in [0, 0.05) is 0 Å². The van der Waals surface area contributed by atoms with Gasteiger partial charge in [-0.05, 0) is 18.8 Å². The molecule has 1 heterocycles. The number of carbonyl (C=O) groups excluding carboxylic acids is 2. The number of thiocyanates is 2. The maximum Gasteiger partial charge on any atom is 1.00 e. The predicted octanol–water partition coefficient (Wildman–Crippen LogP) is -2.01. The molecule has 1 aliphatic heterocycles. The fourth-order valence-electron chi connectivity index (χ4n) is 2.30. The van der Waals surface area contributed by atoms with E-state index >= 15 is 0 Å². The smallest absolute Gasteiger partial charge is 0.846 e. The average molecular weight is 366 g/mol. The van der Waals surface area contributed by atoms with E-state index in [9.17, 15) is 14.7 Å². The van der Waals surface area contributed by atoms with Crippen molar-refractivity contribution >= 4 is 43.1 Å². The minimum atomic E-state index is -1.15. The van der Waals surface area contributed by atoms with Gasteiger partial charge in [0.05, 0.1) is 6.02 Å². The number of nitrogens with zero attached hydrogens (tertiary/aromatic N) is 3. The van der Waals surface area contributed by atoms with Gasteiger partial charge in [0.15, 0.2) is 0 Å². The van der Waals surface area contributed by atoms with E-state index < -0.39 is 23.3 Å². The molecule has 0 bridgehead atoms. The van der Waals surface area contributed by atoms with Crippen LogP contribution in [-0.2, 0) is 9.59 Å². The summed E-state index contributed by atoms with van der Waals surface area (Å²) in [5.74, 6) is -1.20. The van der Waals surface area contributed by atoms with Crippen molar-refractivity contribution in [1.82, 2.24) is 5.32 Å². The van der Waals surface area contributed by atoms with Crippen molar-refractivity contribution in [3.8, 4) is 10.8 Å². The molecule has 0 saturated carbocycles. The Morgan fingerprint density at radius 1 is 1.30 bits per heavy atom. The molecular formula is C13H19N4NaO3S2. The maximum absolute atomic E-state index is 11.9. The minimum Gasteiger partial charge on any atom is -0.846 e. The fraction of sp³-hybridized carbons (Fsp3) is 0.615. The number of rotatable bonds is 4. The summed E-state index contributed by atoms with van der Waals surface area (Å²) in [6.07, 6.45) is 2.02. The molecule has 0 fully saturated rings. The molecular weight excluding hydrogens is 347 g/mol. The third kappa shape index (κ3) is 8.09. The van der Waals surface area contributed by atoms with Crippen LogP contribution in [-0.4, -0.2) is 17.8 Å². The zero-order valence-electron chi connectivity index (χ0n) is 13.7. The monoisotopic (exact) mass is 366 g/mol. The van der Waals surface area contributed by atoms with Gasteiger partial charge in [-0.3, -0.25) is 9.59 Å². The normalized spacial score (nSPS) is 19.7. The molecule has 10 heteroatoms. The van der Waals surface area contributed by atoms with Gasteiger partial charge in [0.2, 0.25) is 5.91 Å². The van der Waals surface area contributed by atoms with E-state index in [1.807, 2.05) is 13.8 Å². The first-order chi connectivity index (χ1) is 10.3. The second-order valence-electron chi connectivity index (χ2n) is 4.39. The van der Waals surface area contributed by atoms with Crippen LogP contribution in [0.4, 0.5) is 0 Å². The Morgan fingerprint density at radius 2 is 1.74 bits per heavy atom. The summed E-state index contributed by atoms with van der Waals surface area (Å²) in [5, 5.41) is 30.3. The molecule has 0 radical (unpaired) electrons. The fourth-order valence-corrected chi connectivity index (χ4v) is 2.30. The van der Waals surface area contributed by atoms with Gasteiger partial charge in [-0.1, -0.05) is 52.4 Å². The summed E-state index contributed by atoms with van der Waals surface area (Å²) < 4.78 is 0. The zero-order valence-corrected chi connectivity index (χ0v) is 17.4. The van der Waals surface area contributed by atoms with E-state index in [1.54, 1.807) is 6.92 Å². The molecule has 0 saturated heterocycles. The van der Waals surface area contributed by atoms with Gasteiger partial charge >= 0.3 is 29.6 Å². The van der Waals surface area contributed by atoms with E-state index in [-0.39, 0.29) is 35.5 Å². The molecule has 0 aliphatic carbocycles. The second-order valence-corrected chi connectivity index (χ2v) is 4.79. The number of hydrogen-bond acceptors (Lipinski definition) is 7. The van der Waals surface area contributed by atoms with E-state index in [2.05, 4.69) is 35.6 Å². The summed E-state index contributed by atoms with van der Waals surface area (Å²) in [6.45, 7) is 5.62. The van der Waals surface area contributed by atoms with Crippen LogP contribution in [0.5, 0.6) is 0 Å². The Balaban J connectivity index is -0.000000497. The Labute approximate surface area is 169 Å². The standard InChI is InChI=1S/C11H18N2O3.2CHNS.Na/c1-4-6-7(3)11(5-2)8(14)12-10(16)13-9(11)15;2*2-1-3;/h7H,4-6H2,1-3H3,(H2,12,13,14,15,16);2*3H;/q;;;+1/p-1. The van der Waals surface area contributed by atoms with Gasteiger partial charge in [0.1, 0.15) is 16.2 Å². The Bertz CT molecular complexity index is 490. The number of hydrogen-bond donors (Lipinski definition) is 3. The third-order valence-corrected chi connectivity index (χ3v) is 3.33. The largest absolute Gasteiger partial charge is 1.00 e. The van der Waals surface area contributed by atoms with Gasteiger partial charge in [-0.2, -0.15) is 10.5 Å². The van der Waals surface area contributed by atoms with Gasteiger partial charge < -0.3 is 10.4 Å². The molecule has 2 amide bonds. The summed E-state index contributed by atoms with van der Waals surface area (Å²) in [7, 11) is 0. The molecule has 0 aromatic heterocycles. The number of carbonyl (C=O) groups is 2. The van der Waals surface area contributed by atoms with Crippen LogP contribution in [0.3, 0.4) is 0 Å². The number of nitriles is 2. The van der Waals surface area contributed by atoms with E-state index in [4.69, 9.17) is 10.5 Å². The summed E-state index contributed by atoms with van der Waals surface area (Å²) >= 11 is 6.19. The molecule has 1 aliphatic rings. The SMILES string of the molecule is CCCC(C)C1(CC)C(=O)N=C([O-])NC1=O.N#CS.N#CS.[Na+]. The quantitative estimate of drug-likeness (QED) is 0.229. The molecule has 1 N–H and O–H groups in total. The molecule has 0 aromatic rings. The number of amidine groups is 1. The Hall–Kier alpha value is -0.710. The number of nitrogens with one attached hydrogen (secondary N) is 1. The summed E-state index contributed by atoms with van der Waals surface area (Å²) in [6, 6.07) is -0.845. The van der Waals surface area contributed by atoms with Crippen LogP contribution in [0.15, 0.2) is 4.99 Å². The van der Waals surface area contributed by atoms with Crippen molar-refractivity contribution in [2.24, 2.45) is 16.3 Å². The van der Waals surface area contributed by atoms with Crippen molar-refractivity contribution in [1.29, 1.82) is 10.5 Å². The van der Waals surface area contributed by atoms with Crippen LogP contribution in [0.1, 0.15) is 40.0 Å². The van der Waals surface area contributed by atoms with Crippen molar-refractivity contribution in [3.63, 3.8) is 0 Å². The number of thiol groups is 2. The van der Waals surface area contributed by atoms with Crippen molar-refractivity contribution in [2.45, 2.75) is 40.0 Å². The summed E-state index contributed by atoms with van der Waals surface area (Å²) in [5.41, 5.74) is -1.15. The molecule has 0 spiro atoms. The van der Waals surface area contributed by atoms with Gasteiger partial charge in [0.25, 0.3) is 5.91 Å². The molecule has 2 unspecified atom stereocenters. The van der Waals surface area contributed by atoms with Crippen molar-refractivity contribution in [3.05, 3.63) is 0 Å². The van der Waals surface area contributed by atoms with Crippen LogP contribution >= 0.6 is 25.3 Å². The Kier molecular flexibility index (Phi) is 17.5. The molecule has 0 aromatic carbocycles. The molecule has 2 atom stereocenters. The average Bonchev–Trinajstić information content (AvgIpc) is 2.40. The molecule has 7 nitrogen and oxygen atoms in total. The summed E-state index contributed by atoms with van der Waals surface area (Å²) in [4.78, 5) is 27.1. The second kappa shape index (κ2) is 14.9.